The highest BCUT2D eigenvalue weighted by molar-refractivity contribution is 5.06. The molecule has 0 bridgehead atoms. The molecular formula is C13H21N5O. The van der Waals surface area contributed by atoms with Crippen molar-refractivity contribution < 1.29 is 4.42 Å². The van der Waals surface area contributed by atoms with Crippen molar-refractivity contribution in [2.45, 2.75) is 46.2 Å². The highest BCUT2D eigenvalue weighted by Gasteiger charge is 2.19. The molecule has 2 aromatic rings. The van der Waals surface area contributed by atoms with E-state index in [9.17, 15) is 0 Å². The van der Waals surface area contributed by atoms with E-state index < -0.39 is 0 Å². The largest absolute Gasteiger partial charge is 0.443 e. The van der Waals surface area contributed by atoms with Crippen molar-refractivity contribution in [1.82, 2.24) is 25.3 Å². The molecule has 0 spiro atoms. The van der Waals surface area contributed by atoms with E-state index in [1.165, 1.54) is 0 Å². The molecule has 104 valence electrons. The SMILES string of the molecule is CCNCc1cn(Cc2ncc(C(C)(C)C)o2)nn1. The molecular weight excluding hydrogens is 242 g/mol. The molecule has 0 saturated carbocycles. The predicted molar refractivity (Wildman–Crippen MR) is 71.7 cm³/mol. The minimum absolute atomic E-state index is 0.0240. The van der Waals surface area contributed by atoms with Crippen LogP contribution in [0.15, 0.2) is 16.8 Å². The van der Waals surface area contributed by atoms with Crippen molar-refractivity contribution in [2.75, 3.05) is 6.54 Å². The van der Waals surface area contributed by atoms with Gasteiger partial charge >= 0.3 is 0 Å². The van der Waals surface area contributed by atoms with Gasteiger partial charge in [0, 0.05) is 12.0 Å². The lowest BCUT2D eigenvalue weighted by Crippen LogP contribution is -2.11. The number of nitrogens with one attached hydrogen (secondary N) is 1. The minimum atomic E-state index is -0.0240. The van der Waals surface area contributed by atoms with E-state index in [-0.39, 0.29) is 5.41 Å². The number of rotatable bonds is 5. The van der Waals surface area contributed by atoms with Gasteiger partial charge in [-0.15, -0.1) is 5.10 Å². The second-order valence-electron chi connectivity index (χ2n) is 5.56. The zero-order valence-electron chi connectivity index (χ0n) is 12.0. The van der Waals surface area contributed by atoms with Crippen LogP contribution in [0.3, 0.4) is 0 Å². The summed E-state index contributed by atoms with van der Waals surface area (Å²) >= 11 is 0. The average molecular weight is 263 g/mol. The Bertz CT molecular complexity index is 523. The standard InChI is InChI=1S/C13H21N5O/c1-5-14-6-10-8-18(17-16-10)9-12-15-7-11(19-12)13(2,3)4/h7-8,14H,5-6,9H2,1-4H3. The Morgan fingerprint density at radius 3 is 2.79 bits per heavy atom. The van der Waals surface area contributed by atoms with E-state index in [0.29, 0.717) is 12.4 Å². The van der Waals surface area contributed by atoms with Gasteiger partial charge in [0.1, 0.15) is 12.3 Å². The molecule has 6 heteroatoms. The van der Waals surface area contributed by atoms with Gasteiger partial charge in [-0.2, -0.15) is 0 Å². The maximum absolute atomic E-state index is 5.73. The zero-order chi connectivity index (χ0) is 13.9. The minimum Gasteiger partial charge on any atom is -0.443 e. The summed E-state index contributed by atoms with van der Waals surface area (Å²) in [4.78, 5) is 4.28. The fraction of sp³-hybridized carbons (Fsp3) is 0.615. The van der Waals surface area contributed by atoms with Crippen molar-refractivity contribution in [3.05, 3.63) is 29.7 Å². The first kappa shape index (κ1) is 13.7. The molecule has 2 heterocycles. The van der Waals surface area contributed by atoms with E-state index in [2.05, 4.69) is 48.3 Å². The molecule has 6 nitrogen and oxygen atoms in total. The molecule has 0 aliphatic rings. The van der Waals surface area contributed by atoms with Gasteiger partial charge in [-0.1, -0.05) is 32.9 Å². The number of hydrogen-bond acceptors (Lipinski definition) is 5. The summed E-state index contributed by atoms with van der Waals surface area (Å²) in [5.41, 5.74) is 0.897. The topological polar surface area (TPSA) is 68.8 Å². The quantitative estimate of drug-likeness (QED) is 0.889. The molecule has 0 aliphatic carbocycles. The van der Waals surface area contributed by atoms with Crippen LogP contribution in [0.25, 0.3) is 0 Å². The third-order valence-corrected chi connectivity index (χ3v) is 2.73. The Morgan fingerprint density at radius 2 is 2.16 bits per heavy atom. The van der Waals surface area contributed by atoms with Gasteiger partial charge in [0.2, 0.25) is 5.89 Å². The number of nitrogens with zero attached hydrogens (tertiary/aromatic N) is 4. The lowest BCUT2D eigenvalue weighted by Gasteiger charge is -2.12. The van der Waals surface area contributed by atoms with Gasteiger partial charge in [-0.05, 0) is 6.54 Å². The lowest BCUT2D eigenvalue weighted by atomic mass is 9.94. The maximum atomic E-state index is 5.73. The van der Waals surface area contributed by atoms with Crippen molar-refractivity contribution in [3.8, 4) is 0 Å². The summed E-state index contributed by atoms with van der Waals surface area (Å²) in [7, 11) is 0. The van der Waals surface area contributed by atoms with Crippen molar-refractivity contribution in [1.29, 1.82) is 0 Å². The smallest absolute Gasteiger partial charge is 0.216 e. The number of aromatic nitrogens is 4. The molecule has 0 aliphatic heterocycles. The Balaban J connectivity index is 2.01. The van der Waals surface area contributed by atoms with E-state index in [0.717, 1.165) is 24.5 Å². The number of hydrogen-bond donors (Lipinski definition) is 1. The predicted octanol–water partition coefficient (Wildman–Crippen LogP) is 1.72. The van der Waals surface area contributed by atoms with Crippen LogP contribution in [0.4, 0.5) is 0 Å². The van der Waals surface area contributed by atoms with Crippen LogP contribution in [-0.4, -0.2) is 26.5 Å². The Kier molecular flexibility index (Phi) is 3.99. The van der Waals surface area contributed by atoms with Crippen LogP contribution < -0.4 is 5.32 Å². The first-order valence-corrected chi connectivity index (χ1v) is 6.54. The van der Waals surface area contributed by atoms with Crippen LogP contribution in [0.2, 0.25) is 0 Å². The Morgan fingerprint density at radius 1 is 1.37 bits per heavy atom. The van der Waals surface area contributed by atoms with E-state index in [1.807, 2.05) is 6.20 Å². The fourth-order valence-electron chi connectivity index (χ4n) is 1.62. The molecule has 1 N–H and O–H groups in total. The molecule has 19 heavy (non-hydrogen) atoms. The second-order valence-corrected chi connectivity index (χ2v) is 5.56. The van der Waals surface area contributed by atoms with Gasteiger partial charge in [0.15, 0.2) is 0 Å². The molecule has 2 aromatic heterocycles. The monoisotopic (exact) mass is 263 g/mol. The molecule has 0 atom stereocenters. The van der Waals surface area contributed by atoms with Gasteiger partial charge in [-0.25, -0.2) is 9.67 Å². The van der Waals surface area contributed by atoms with Crippen molar-refractivity contribution in [2.24, 2.45) is 0 Å². The lowest BCUT2D eigenvalue weighted by molar-refractivity contribution is 0.371. The third-order valence-electron chi connectivity index (χ3n) is 2.73. The third kappa shape index (κ3) is 3.64. The summed E-state index contributed by atoms with van der Waals surface area (Å²) in [5.74, 6) is 1.54. The summed E-state index contributed by atoms with van der Waals surface area (Å²) in [6.45, 7) is 10.5. The molecule has 0 radical (unpaired) electrons. The van der Waals surface area contributed by atoms with E-state index in [1.54, 1.807) is 10.9 Å². The van der Waals surface area contributed by atoms with Crippen molar-refractivity contribution >= 4 is 0 Å². The molecule has 2 rings (SSSR count). The molecule has 0 amide bonds. The Labute approximate surface area is 113 Å². The highest BCUT2D eigenvalue weighted by Crippen LogP contribution is 2.22. The average Bonchev–Trinajstić information content (AvgIpc) is 2.95. The van der Waals surface area contributed by atoms with Crippen LogP contribution in [0.1, 0.15) is 45.0 Å². The van der Waals surface area contributed by atoms with Gasteiger partial charge in [-0.3, -0.25) is 0 Å². The van der Waals surface area contributed by atoms with Crippen LogP contribution in [0.5, 0.6) is 0 Å². The summed E-state index contributed by atoms with van der Waals surface area (Å²) in [5, 5.41) is 11.4. The summed E-state index contributed by atoms with van der Waals surface area (Å²) < 4.78 is 7.47. The summed E-state index contributed by atoms with van der Waals surface area (Å²) in [6, 6.07) is 0. The Hall–Kier alpha value is -1.69. The van der Waals surface area contributed by atoms with Crippen molar-refractivity contribution in [3.63, 3.8) is 0 Å². The highest BCUT2D eigenvalue weighted by atomic mass is 16.4. The van der Waals surface area contributed by atoms with Crippen LogP contribution in [0, 0.1) is 0 Å². The molecule has 0 fully saturated rings. The van der Waals surface area contributed by atoms with Gasteiger partial charge in [0.05, 0.1) is 18.1 Å². The first-order valence-electron chi connectivity index (χ1n) is 6.54. The number of oxazole rings is 1. The molecule has 0 unspecified atom stereocenters. The zero-order valence-corrected chi connectivity index (χ0v) is 12.0. The van der Waals surface area contributed by atoms with Crippen LogP contribution in [-0.2, 0) is 18.5 Å². The van der Waals surface area contributed by atoms with E-state index in [4.69, 9.17) is 4.42 Å². The summed E-state index contributed by atoms with van der Waals surface area (Å²) in [6.07, 6.45) is 3.69. The first-order chi connectivity index (χ1) is 8.99. The fourth-order valence-corrected chi connectivity index (χ4v) is 1.62. The molecule has 0 aromatic carbocycles. The van der Waals surface area contributed by atoms with Crippen LogP contribution >= 0.6 is 0 Å². The molecule has 0 saturated heterocycles. The van der Waals surface area contributed by atoms with Gasteiger partial charge < -0.3 is 9.73 Å². The van der Waals surface area contributed by atoms with E-state index >= 15 is 0 Å². The normalized spacial score (nSPS) is 12.0. The second kappa shape index (κ2) is 5.52. The van der Waals surface area contributed by atoms with Gasteiger partial charge in [0.25, 0.3) is 0 Å². The maximum Gasteiger partial charge on any atom is 0.216 e.